The first kappa shape index (κ1) is 16.7. The van der Waals surface area contributed by atoms with Crippen LogP contribution in [0.2, 0.25) is 0 Å². The van der Waals surface area contributed by atoms with Crippen molar-refractivity contribution in [3.8, 4) is 0 Å². The molecule has 6 heteroatoms. The summed E-state index contributed by atoms with van der Waals surface area (Å²) >= 11 is 0. The normalized spacial score (nSPS) is 10.6. The summed E-state index contributed by atoms with van der Waals surface area (Å²) in [5, 5.41) is 6.34. The summed E-state index contributed by atoms with van der Waals surface area (Å²) in [6.45, 7) is 3.81. The Kier molecular flexibility index (Phi) is 4.79. The smallest absolute Gasteiger partial charge is 0.260 e. The summed E-state index contributed by atoms with van der Waals surface area (Å²) in [7, 11) is 0. The molecule has 0 unspecified atom stereocenters. The highest BCUT2D eigenvalue weighted by atomic mass is 16.2. The van der Waals surface area contributed by atoms with Gasteiger partial charge < -0.3 is 0 Å². The predicted octanol–water partition coefficient (Wildman–Crippen LogP) is 2.04. The van der Waals surface area contributed by atoms with Gasteiger partial charge in [-0.1, -0.05) is 42.5 Å². The Morgan fingerprint density at radius 3 is 2.48 bits per heavy atom. The van der Waals surface area contributed by atoms with E-state index >= 15 is 0 Å². The van der Waals surface area contributed by atoms with Gasteiger partial charge in [0.1, 0.15) is 6.54 Å². The number of rotatable bonds is 4. The van der Waals surface area contributed by atoms with Crippen LogP contribution in [0.15, 0.2) is 48.5 Å². The second-order valence-electron chi connectivity index (χ2n) is 6.00. The molecule has 2 amide bonds. The van der Waals surface area contributed by atoms with Crippen LogP contribution in [0.4, 0.5) is 0 Å². The lowest BCUT2D eigenvalue weighted by atomic mass is 10.0. The number of carbonyl (C=O) groups is 2. The first-order chi connectivity index (χ1) is 12.0. The van der Waals surface area contributed by atoms with E-state index in [1.165, 1.54) is 0 Å². The first-order valence-electron chi connectivity index (χ1n) is 8.08. The summed E-state index contributed by atoms with van der Waals surface area (Å²) in [5.41, 5.74) is 7.57. The van der Waals surface area contributed by atoms with E-state index in [1.807, 2.05) is 62.4 Å². The number of hydrazine groups is 1. The van der Waals surface area contributed by atoms with Crippen molar-refractivity contribution < 1.29 is 9.59 Å². The largest absolute Gasteiger partial charge is 0.273 e. The average molecular weight is 336 g/mol. The molecule has 1 heterocycles. The van der Waals surface area contributed by atoms with E-state index < -0.39 is 0 Å². The monoisotopic (exact) mass is 336 g/mol. The summed E-state index contributed by atoms with van der Waals surface area (Å²) in [6, 6.07) is 15.6. The second-order valence-corrected chi connectivity index (χ2v) is 6.00. The number of amides is 2. The Hall–Kier alpha value is -3.15. The van der Waals surface area contributed by atoms with Crippen molar-refractivity contribution in [3.05, 3.63) is 65.5 Å². The van der Waals surface area contributed by atoms with Gasteiger partial charge in [-0.3, -0.25) is 25.1 Å². The van der Waals surface area contributed by atoms with Crippen molar-refractivity contribution in [2.24, 2.45) is 0 Å². The molecule has 1 aromatic heterocycles. The van der Waals surface area contributed by atoms with Crippen LogP contribution in [0.3, 0.4) is 0 Å². The number of benzene rings is 2. The van der Waals surface area contributed by atoms with E-state index in [0.29, 0.717) is 0 Å². The maximum Gasteiger partial charge on any atom is 0.260 e. The van der Waals surface area contributed by atoms with Crippen LogP contribution in [-0.2, 0) is 22.6 Å². The lowest BCUT2D eigenvalue weighted by molar-refractivity contribution is -0.129. The van der Waals surface area contributed by atoms with Gasteiger partial charge in [-0.25, -0.2) is 0 Å². The number of hydrogen-bond donors (Lipinski definition) is 2. The molecule has 0 fully saturated rings. The van der Waals surface area contributed by atoms with Crippen LogP contribution >= 0.6 is 0 Å². The third-order valence-corrected chi connectivity index (χ3v) is 3.97. The molecule has 0 spiro atoms. The van der Waals surface area contributed by atoms with Crippen LogP contribution in [0, 0.1) is 13.8 Å². The van der Waals surface area contributed by atoms with Crippen LogP contribution in [-0.4, -0.2) is 21.6 Å². The zero-order chi connectivity index (χ0) is 17.8. The minimum Gasteiger partial charge on any atom is -0.273 e. The van der Waals surface area contributed by atoms with E-state index in [-0.39, 0.29) is 24.8 Å². The maximum absolute atomic E-state index is 12.1. The molecule has 3 rings (SSSR count). The molecule has 0 bridgehead atoms. The van der Waals surface area contributed by atoms with Crippen molar-refractivity contribution in [1.82, 2.24) is 20.6 Å². The highest BCUT2D eigenvalue weighted by Crippen LogP contribution is 2.18. The Balaban J connectivity index is 1.57. The molecule has 2 N–H and O–H groups in total. The van der Waals surface area contributed by atoms with Gasteiger partial charge in [-0.2, -0.15) is 5.10 Å². The molecule has 2 aromatic carbocycles. The van der Waals surface area contributed by atoms with Gasteiger partial charge >= 0.3 is 0 Å². The highest BCUT2D eigenvalue weighted by Gasteiger charge is 2.10. The molecular weight excluding hydrogens is 316 g/mol. The molecule has 0 saturated carbocycles. The zero-order valence-electron chi connectivity index (χ0n) is 14.2. The molecule has 25 heavy (non-hydrogen) atoms. The minimum atomic E-state index is -0.322. The fraction of sp³-hybridized carbons (Fsp3) is 0.211. The highest BCUT2D eigenvalue weighted by molar-refractivity contribution is 5.90. The molecule has 0 aliphatic rings. The van der Waals surface area contributed by atoms with Gasteiger partial charge in [0.15, 0.2) is 0 Å². The molecule has 6 nitrogen and oxygen atoms in total. The first-order valence-corrected chi connectivity index (χ1v) is 8.08. The standard InChI is InChI=1S/C19H20N4O2/c1-13-10-14(2)23(22-13)12-19(25)21-20-18(24)11-16-8-5-7-15-6-3-4-9-17(15)16/h3-10H,11-12H2,1-2H3,(H,20,24)(H,21,25). The van der Waals surface area contributed by atoms with Crippen molar-refractivity contribution in [2.75, 3.05) is 0 Å². The Labute approximate surface area is 145 Å². The average Bonchev–Trinajstić information content (AvgIpc) is 2.90. The van der Waals surface area contributed by atoms with Crippen molar-refractivity contribution in [2.45, 2.75) is 26.8 Å². The minimum absolute atomic E-state index is 0.0637. The summed E-state index contributed by atoms with van der Waals surface area (Å²) in [4.78, 5) is 24.1. The zero-order valence-corrected chi connectivity index (χ0v) is 14.2. The third kappa shape index (κ3) is 4.03. The Bertz CT molecular complexity index is 925. The molecular formula is C19H20N4O2. The van der Waals surface area contributed by atoms with E-state index in [2.05, 4.69) is 16.0 Å². The van der Waals surface area contributed by atoms with Gasteiger partial charge in [0.25, 0.3) is 5.91 Å². The number of aryl methyl sites for hydroxylation is 2. The maximum atomic E-state index is 12.1. The molecule has 3 aromatic rings. The van der Waals surface area contributed by atoms with Gasteiger partial charge in [0.05, 0.1) is 12.1 Å². The quantitative estimate of drug-likeness (QED) is 0.716. The molecule has 0 atom stereocenters. The number of nitrogens with one attached hydrogen (secondary N) is 2. The van der Waals surface area contributed by atoms with E-state index in [4.69, 9.17) is 0 Å². The molecule has 0 aliphatic heterocycles. The molecule has 0 aliphatic carbocycles. The summed E-state index contributed by atoms with van der Waals surface area (Å²) in [5.74, 6) is -0.587. The predicted molar refractivity (Wildman–Crippen MR) is 95.6 cm³/mol. The number of nitrogens with zero attached hydrogens (tertiary/aromatic N) is 2. The van der Waals surface area contributed by atoms with Crippen LogP contribution in [0.1, 0.15) is 17.0 Å². The Morgan fingerprint density at radius 1 is 1.00 bits per heavy atom. The van der Waals surface area contributed by atoms with Gasteiger partial charge in [-0.05, 0) is 36.2 Å². The fourth-order valence-electron chi connectivity index (χ4n) is 2.81. The van der Waals surface area contributed by atoms with Gasteiger partial charge in [0.2, 0.25) is 5.91 Å². The van der Waals surface area contributed by atoms with E-state index in [1.54, 1.807) is 4.68 Å². The van der Waals surface area contributed by atoms with Crippen molar-refractivity contribution >= 4 is 22.6 Å². The Morgan fingerprint density at radius 2 is 1.72 bits per heavy atom. The van der Waals surface area contributed by atoms with Crippen LogP contribution in [0.5, 0.6) is 0 Å². The molecule has 128 valence electrons. The van der Waals surface area contributed by atoms with Gasteiger partial charge in [-0.15, -0.1) is 0 Å². The lowest BCUT2D eigenvalue weighted by Gasteiger charge is -2.10. The number of carbonyl (C=O) groups excluding carboxylic acids is 2. The fourth-order valence-corrected chi connectivity index (χ4v) is 2.81. The molecule has 0 saturated heterocycles. The lowest BCUT2D eigenvalue weighted by Crippen LogP contribution is -2.44. The van der Waals surface area contributed by atoms with E-state index in [9.17, 15) is 9.59 Å². The molecule has 0 radical (unpaired) electrons. The SMILES string of the molecule is Cc1cc(C)n(CC(=O)NNC(=O)Cc2cccc3ccccc23)n1. The second kappa shape index (κ2) is 7.17. The number of aromatic nitrogens is 2. The number of fused-ring (bicyclic) bond motifs is 1. The van der Waals surface area contributed by atoms with Crippen molar-refractivity contribution in [1.29, 1.82) is 0 Å². The van der Waals surface area contributed by atoms with Gasteiger partial charge in [0, 0.05) is 5.69 Å². The van der Waals surface area contributed by atoms with Crippen LogP contribution in [0.25, 0.3) is 10.8 Å². The van der Waals surface area contributed by atoms with Crippen molar-refractivity contribution in [3.63, 3.8) is 0 Å². The summed E-state index contributed by atoms with van der Waals surface area (Å²) in [6.07, 6.45) is 0.196. The topological polar surface area (TPSA) is 76.0 Å². The third-order valence-electron chi connectivity index (χ3n) is 3.97. The summed E-state index contributed by atoms with van der Waals surface area (Å²) < 4.78 is 1.60. The van der Waals surface area contributed by atoms with Crippen LogP contribution < -0.4 is 10.9 Å². The van der Waals surface area contributed by atoms with E-state index in [0.717, 1.165) is 27.7 Å². The number of hydrogen-bond acceptors (Lipinski definition) is 3.